The molecule has 0 aliphatic carbocycles. The van der Waals surface area contributed by atoms with Crippen LogP contribution in [0, 0.1) is 6.92 Å². The predicted octanol–water partition coefficient (Wildman–Crippen LogP) is 5.14. The van der Waals surface area contributed by atoms with E-state index in [0.29, 0.717) is 34.5 Å². The number of halogens is 1. The van der Waals surface area contributed by atoms with Crippen LogP contribution in [0.2, 0.25) is 5.02 Å². The molecule has 0 saturated heterocycles. The van der Waals surface area contributed by atoms with Crippen LogP contribution in [0.5, 0.6) is 5.75 Å². The van der Waals surface area contributed by atoms with Gasteiger partial charge < -0.3 is 20.2 Å². The van der Waals surface area contributed by atoms with Crippen molar-refractivity contribution in [3.05, 3.63) is 64.9 Å². The van der Waals surface area contributed by atoms with E-state index < -0.39 is 0 Å². The fraction of sp³-hybridized carbons (Fsp3) is 0.150. The van der Waals surface area contributed by atoms with Gasteiger partial charge in [-0.1, -0.05) is 23.7 Å². The lowest BCUT2D eigenvalue weighted by atomic mass is 10.1. The number of benzene rings is 2. The summed E-state index contributed by atoms with van der Waals surface area (Å²) in [6, 6.07) is 14.1. The smallest absolute Gasteiger partial charge is 0.291 e. The molecular weight excluding hydrogens is 352 g/mol. The van der Waals surface area contributed by atoms with E-state index in [4.69, 9.17) is 26.5 Å². The van der Waals surface area contributed by atoms with Gasteiger partial charge in [-0.25, -0.2) is 0 Å². The molecule has 6 heteroatoms. The fourth-order valence-corrected chi connectivity index (χ4v) is 2.64. The van der Waals surface area contributed by atoms with Crippen molar-refractivity contribution >= 4 is 28.9 Å². The Morgan fingerprint density at radius 2 is 2.00 bits per heavy atom. The fourth-order valence-electron chi connectivity index (χ4n) is 2.46. The minimum Gasteiger partial charge on any atom is -0.494 e. The van der Waals surface area contributed by atoms with Crippen LogP contribution in [-0.2, 0) is 0 Å². The number of furan rings is 1. The van der Waals surface area contributed by atoms with Gasteiger partial charge in [-0.3, -0.25) is 4.79 Å². The highest BCUT2D eigenvalue weighted by Crippen LogP contribution is 2.28. The second-order valence-corrected chi connectivity index (χ2v) is 6.17. The summed E-state index contributed by atoms with van der Waals surface area (Å²) in [7, 11) is 0. The monoisotopic (exact) mass is 370 g/mol. The van der Waals surface area contributed by atoms with Crippen LogP contribution in [0.15, 0.2) is 52.9 Å². The number of carbonyl (C=O) groups excluding carboxylic acids is 1. The zero-order chi connectivity index (χ0) is 18.7. The van der Waals surface area contributed by atoms with Gasteiger partial charge in [0.15, 0.2) is 5.76 Å². The van der Waals surface area contributed by atoms with Gasteiger partial charge in [-0.2, -0.15) is 0 Å². The minimum absolute atomic E-state index is 0.185. The average molecular weight is 371 g/mol. The maximum absolute atomic E-state index is 12.4. The third-order valence-corrected chi connectivity index (χ3v) is 4.28. The molecule has 0 fully saturated rings. The molecule has 0 bridgehead atoms. The molecule has 26 heavy (non-hydrogen) atoms. The Hall–Kier alpha value is -2.92. The summed E-state index contributed by atoms with van der Waals surface area (Å²) in [4.78, 5) is 12.4. The Bertz CT molecular complexity index is 950. The molecule has 1 heterocycles. The number of carbonyl (C=O) groups is 1. The lowest BCUT2D eigenvalue weighted by Crippen LogP contribution is -2.12. The van der Waals surface area contributed by atoms with Crippen molar-refractivity contribution in [2.24, 2.45) is 0 Å². The normalized spacial score (nSPS) is 10.6. The zero-order valence-corrected chi connectivity index (χ0v) is 15.3. The van der Waals surface area contributed by atoms with Gasteiger partial charge in [0, 0.05) is 16.7 Å². The standard InChI is InChI=1S/C20H19ClN2O3/c1-3-25-14-6-7-17(16(22)11-14)23-20(24)19-9-8-18(26-19)13-5-4-12(2)15(21)10-13/h4-11H,3,22H2,1-2H3,(H,23,24). The first kappa shape index (κ1) is 17.9. The van der Waals surface area contributed by atoms with Crippen LogP contribution >= 0.6 is 11.6 Å². The van der Waals surface area contributed by atoms with Crippen LogP contribution in [0.25, 0.3) is 11.3 Å². The van der Waals surface area contributed by atoms with Crippen molar-refractivity contribution < 1.29 is 13.9 Å². The highest BCUT2D eigenvalue weighted by Gasteiger charge is 2.14. The van der Waals surface area contributed by atoms with E-state index in [-0.39, 0.29) is 11.7 Å². The van der Waals surface area contributed by atoms with Crippen LogP contribution in [0.1, 0.15) is 23.0 Å². The van der Waals surface area contributed by atoms with Crippen LogP contribution < -0.4 is 15.8 Å². The van der Waals surface area contributed by atoms with Crippen molar-refractivity contribution in [1.82, 2.24) is 0 Å². The molecule has 0 aliphatic rings. The van der Waals surface area contributed by atoms with Crippen molar-refractivity contribution in [1.29, 1.82) is 0 Å². The summed E-state index contributed by atoms with van der Waals surface area (Å²) < 4.78 is 11.0. The SMILES string of the molecule is CCOc1ccc(NC(=O)c2ccc(-c3ccc(C)c(Cl)c3)o2)c(N)c1. The molecule has 5 nitrogen and oxygen atoms in total. The maximum Gasteiger partial charge on any atom is 0.291 e. The van der Waals surface area contributed by atoms with E-state index in [2.05, 4.69) is 5.32 Å². The summed E-state index contributed by atoms with van der Waals surface area (Å²) in [5, 5.41) is 3.39. The van der Waals surface area contributed by atoms with E-state index in [0.717, 1.165) is 11.1 Å². The first-order valence-electron chi connectivity index (χ1n) is 8.18. The second-order valence-electron chi connectivity index (χ2n) is 5.76. The molecule has 0 unspecified atom stereocenters. The largest absolute Gasteiger partial charge is 0.494 e. The summed E-state index contributed by atoms with van der Waals surface area (Å²) in [5.41, 5.74) is 8.66. The molecule has 134 valence electrons. The molecule has 1 amide bonds. The van der Waals surface area contributed by atoms with E-state index >= 15 is 0 Å². The molecule has 3 rings (SSSR count). The van der Waals surface area contributed by atoms with Gasteiger partial charge in [0.1, 0.15) is 11.5 Å². The van der Waals surface area contributed by atoms with Gasteiger partial charge in [-0.05, 0) is 49.7 Å². The topological polar surface area (TPSA) is 77.5 Å². The Labute approximate surface area is 156 Å². The Balaban J connectivity index is 1.77. The quantitative estimate of drug-likeness (QED) is 0.609. The van der Waals surface area contributed by atoms with Crippen molar-refractivity contribution in [3.63, 3.8) is 0 Å². The molecule has 1 aromatic heterocycles. The molecule has 0 saturated carbocycles. The highest BCUT2D eigenvalue weighted by atomic mass is 35.5. The number of nitrogen functional groups attached to an aromatic ring is 1. The molecule has 0 radical (unpaired) electrons. The number of hydrogen-bond acceptors (Lipinski definition) is 4. The summed E-state index contributed by atoms with van der Waals surface area (Å²) in [6.45, 7) is 4.36. The third-order valence-electron chi connectivity index (χ3n) is 3.87. The lowest BCUT2D eigenvalue weighted by Gasteiger charge is -2.09. The number of rotatable bonds is 5. The van der Waals surface area contributed by atoms with Crippen molar-refractivity contribution in [3.8, 4) is 17.1 Å². The average Bonchev–Trinajstić information content (AvgIpc) is 3.10. The lowest BCUT2D eigenvalue weighted by molar-refractivity contribution is 0.0997. The summed E-state index contributed by atoms with van der Waals surface area (Å²) in [6.07, 6.45) is 0. The molecule has 3 N–H and O–H groups in total. The first-order chi connectivity index (χ1) is 12.5. The van der Waals surface area contributed by atoms with Crippen molar-refractivity contribution in [2.75, 3.05) is 17.7 Å². The van der Waals surface area contributed by atoms with Crippen molar-refractivity contribution in [2.45, 2.75) is 13.8 Å². The second kappa shape index (κ2) is 7.54. The molecular formula is C20H19ClN2O3. The number of nitrogens with one attached hydrogen (secondary N) is 1. The van der Waals surface area contributed by atoms with E-state index in [9.17, 15) is 4.79 Å². The van der Waals surface area contributed by atoms with Gasteiger partial charge in [-0.15, -0.1) is 0 Å². The first-order valence-corrected chi connectivity index (χ1v) is 8.55. The number of amides is 1. The van der Waals surface area contributed by atoms with E-state index in [1.807, 2.05) is 32.0 Å². The Morgan fingerprint density at radius 1 is 1.19 bits per heavy atom. The molecule has 0 atom stereocenters. The number of ether oxygens (including phenoxy) is 1. The third kappa shape index (κ3) is 3.83. The van der Waals surface area contributed by atoms with E-state index in [1.54, 1.807) is 30.3 Å². The summed E-state index contributed by atoms with van der Waals surface area (Å²) >= 11 is 6.15. The number of nitrogens with two attached hydrogens (primary N) is 1. The van der Waals surface area contributed by atoms with Gasteiger partial charge in [0.25, 0.3) is 5.91 Å². The molecule has 2 aromatic carbocycles. The van der Waals surface area contributed by atoms with Crippen LogP contribution in [-0.4, -0.2) is 12.5 Å². The molecule has 3 aromatic rings. The van der Waals surface area contributed by atoms with Gasteiger partial charge in [0.2, 0.25) is 0 Å². The molecule has 0 spiro atoms. The van der Waals surface area contributed by atoms with Gasteiger partial charge >= 0.3 is 0 Å². The molecule has 0 aliphatic heterocycles. The Morgan fingerprint density at radius 3 is 2.69 bits per heavy atom. The maximum atomic E-state index is 12.4. The zero-order valence-electron chi connectivity index (χ0n) is 14.5. The number of anilines is 2. The minimum atomic E-state index is -0.384. The highest BCUT2D eigenvalue weighted by molar-refractivity contribution is 6.31. The van der Waals surface area contributed by atoms with Crippen LogP contribution in [0.4, 0.5) is 11.4 Å². The van der Waals surface area contributed by atoms with Crippen LogP contribution in [0.3, 0.4) is 0 Å². The number of aryl methyl sites for hydroxylation is 1. The van der Waals surface area contributed by atoms with E-state index in [1.165, 1.54) is 0 Å². The Kier molecular flexibility index (Phi) is 5.19. The van der Waals surface area contributed by atoms with Gasteiger partial charge in [0.05, 0.1) is 18.0 Å². The predicted molar refractivity (Wildman–Crippen MR) is 104 cm³/mol. The number of hydrogen-bond donors (Lipinski definition) is 2. The summed E-state index contributed by atoms with van der Waals surface area (Å²) in [5.74, 6) is 1.02.